The lowest BCUT2D eigenvalue weighted by Gasteiger charge is -2.09. The Morgan fingerprint density at radius 2 is 1.76 bits per heavy atom. The number of nitrogens with one attached hydrogen (secondary N) is 1. The summed E-state index contributed by atoms with van der Waals surface area (Å²) in [5, 5.41) is 6.79. The molecule has 0 saturated heterocycles. The number of nitrogens with zero attached hydrogens (tertiary/aromatic N) is 2. The van der Waals surface area contributed by atoms with Crippen LogP contribution in [0, 0.1) is 26.6 Å². The zero-order valence-electron chi connectivity index (χ0n) is 19.1. The summed E-state index contributed by atoms with van der Waals surface area (Å²) in [5.41, 5.74) is 5.81. The Bertz CT molecular complexity index is 1400. The molecule has 0 radical (unpaired) electrons. The van der Waals surface area contributed by atoms with Crippen LogP contribution in [-0.2, 0) is 9.63 Å². The van der Waals surface area contributed by atoms with Crippen molar-refractivity contribution in [2.24, 2.45) is 5.16 Å². The Kier molecular flexibility index (Phi) is 6.54. The van der Waals surface area contributed by atoms with Crippen LogP contribution >= 0.6 is 0 Å². The second-order valence-corrected chi connectivity index (χ2v) is 7.98. The van der Waals surface area contributed by atoms with Gasteiger partial charge < -0.3 is 14.6 Å². The molecule has 0 bridgehead atoms. The molecule has 2 heterocycles. The fourth-order valence-electron chi connectivity index (χ4n) is 3.80. The second kappa shape index (κ2) is 9.70. The molecule has 2 aromatic carbocycles. The Labute approximate surface area is 196 Å². The van der Waals surface area contributed by atoms with E-state index in [2.05, 4.69) is 10.5 Å². The molecule has 6 nitrogen and oxygen atoms in total. The number of benzene rings is 2. The lowest BCUT2D eigenvalue weighted by molar-refractivity contribution is -0.120. The summed E-state index contributed by atoms with van der Waals surface area (Å²) < 4.78 is 15.1. The van der Waals surface area contributed by atoms with E-state index in [4.69, 9.17) is 4.84 Å². The lowest BCUT2D eigenvalue weighted by atomic mass is 10.0. The maximum atomic E-state index is 13.3. The summed E-state index contributed by atoms with van der Waals surface area (Å²) >= 11 is 0. The highest BCUT2D eigenvalue weighted by atomic mass is 19.1. The average Bonchev–Trinajstić information content (AvgIpc) is 3.11. The third kappa shape index (κ3) is 4.59. The molecule has 0 atom stereocenters. The Morgan fingerprint density at radius 1 is 1.00 bits per heavy atom. The van der Waals surface area contributed by atoms with E-state index in [1.807, 2.05) is 57.2 Å². The number of carbonyl (C=O) groups excluding carboxylic acids is 2. The van der Waals surface area contributed by atoms with Crippen molar-refractivity contribution >= 4 is 29.1 Å². The van der Waals surface area contributed by atoms with Crippen molar-refractivity contribution in [1.82, 2.24) is 4.40 Å². The summed E-state index contributed by atoms with van der Waals surface area (Å²) in [6, 6.07) is 16.7. The predicted octanol–water partition coefficient (Wildman–Crippen LogP) is 5.22. The number of fused-ring (bicyclic) bond motifs is 1. The number of aromatic nitrogens is 1. The number of ketones is 1. The predicted molar refractivity (Wildman–Crippen MR) is 130 cm³/mol. The SMILES string of the molecule is Cc1cccc(NC(=O)CO/N=C/c2c(C)c(C(=O)c3ccc(F)cc3)n3ccccc23)c1C. The summed E-state index contributed by atoms with van der Waals surface area (Å²) in [7, 11) is 0. The van der Waals surface area contributed by atoms with E-state index in [1.165, 1.54) is 30.5 Å². The van der Waals surface area contributed by atoms with Crippen molar-refractivity contribution in [3.8, 4) is 0 Å². The summed E-state index contributed by atoms with van der Waals surface area (Å²) in [5.74, 6) is -0.955. The molecule has 0 spiro atoms. The lowest BCUT2D eigenvalue weighted by Crippen LogP contribution is -2.17. The minimum atomic E-state index is -0.403. The first-order valence-corrected chi connectivity index (χ1v) is 10.8. The van der Waals surface area contributed by atoms with Crippen molar-refractivity contribution < 1.29 is 18.8 Å². The van der Waals surface area contributed by atoms with Crippen molar-refractivity contribution in [3.63, 3.8) is 0 Å². The molecular weight excluding hydrogens is 433 g/mol. The quantitative estimate of drug-likeness (QED) is 0.235. The van der Waals surface area contributed by atoms with Gasteiger partial charge in [0, 0.05) is 23.0 Å². The highest BCUT2D eigenvalue weighted by Crippen LogP contribution is 2.24. The fourth-order valence-corrected chi connectivity index (χ4v) is 3.80. The smallest absolute Gasteiger partial charge is 0.265 e. The van der Waals surface area contributed by atoms with Crippen LogP contribution in [0.5, 0.6) is 0 Å². The van der Waals surface area contributed by atoms with Gasteiger partial charge in [-0.25, -0.2) is 4.39 Å². The van der Waals surface area contributed by atoms with Crippen molar-refractivity contribution in [1.29, 1.82) is 0 Å². The molecule has 1 N–H and O–H groups in total. The Morgan fingerprint density at radius 3 is 2.53 bits per heavy atom. The number of pyridine rings is 1. The summed E-state index contributed by atoms with van der Waals surface area (Å²) in [6.45, 7) is 5.48. The number of carbonyl (C=O) groups is 2. The van der Waals surface area contributed by atoms with Gasteiger partial charge in [-0.05, 0) is 79.9 Å². The molecule has 2 aromatic heterocycles. The molecule has 1 amide bonds. The molecule has 172 valence electrons. The van der Waals surface area contributed by atoms with E-state index in [-0.39, 0.29) is 18.3 Å². The number of aryl methyl sites for hydroxylation is 1. The van der Waals surface area contributed by atoms with Gasteiger partial charge in [-0.1, -0.05) is 23.4 Å². The Balaban J connectivity index is 1.52. The van der Waals surface area contributed by atoms with E-state index in [1.54, 1.807) is 10.6 Å². The molecule has 4 aromatic rings. The number of rotatable bonds is 7. The minimum Gasteiger partial charge on any atom is -0.386 e. The maximum absolute atomic E-state index is 13.3. The van der Waals surface area contributed by atoms with Crippen LogP contribution in [0.1, 0.15) is 38.3 Å². The molecule has 34 heavy (non-hydrogen) atoms. The zero-order chi connectivity index (χ0) is 24.2. The molecule has 4 rings (SSSR count). The Hall–Kier alpha value is -4.26. The van der Waals surface area contributed by atoms with Crippen LogP contribution in [0.4, 0.5) is 10.1 Å². The van der Waals surface area contributed by atoms with Gasteiger partial charge in [0.15, 0.2) is 6.61 Å². The van der Waals surface area contributed by atoms with Crippen LogP contribution < -0.4 is 5.32 Å². The van der Waals surface area contributed by atoms with Gasteiger partial charge >= 0.3 is 0 Å². The van der Waals surface area contributed by atoms with E-state index < -0.39 is 5.82 Å². The van der Waals surface area contributed by atoms with E-state index in [9.17, 15) is 14.0 Å². The normalized spacial score (nSPS) is 11.2. The third-order valence-electron chi connectivity index (χ3n) is 5.79. The average molecular weight is 458 g/mol. The number of anilines is 1. The van der Waals surface area contributed by atoms with E-state index >= 15 is 0 Å². The first kappa shape index (κ1) is 22.9. The van der Waals surface area contributed by atoms with E-state index in [0.29, 0.717) is 22.4 Å². The standard InChI is InChI=1S/C27H24FN3O3/c1-17-7-6-8-23(18(17)2)30-25(32)16-34-29-15-22-19(3)26(31-14-5-4-9-24(22)31)27(33)20-10-12-21(28)13-11-20/h4-15H,16H2,1-3H3,(H,30,32)/b29-15+. The molecule has 0 aliphatic heterocycles. The minimum absolute atomic E-state index is 0.229. The van der Waals surface area contributed by atoms with Crippen LogP contribution in [-0.4, -0.2) is 28.9 Å². The van der Waals surface area contributed by atoms with E-state index in [0.717, 1.165) is 22.3 Å². The number of oxime groups is 1. The number of amides is 1. The van der Waals surface area contributed by atoms with Gasteiger partial charge in [-0.3, -0.25) is 9.59 Å². The highest BCUT2D eigenvalue weighted by Gasteiger charge is 2.21. The zero-order valence-corrected chi connectivity index (χ0v) is 19.1. The van der Waals surface area contributed by atoms with Crippen LogP contribution in [0.25, 0.3) is 5.52 Å². The van der Waals surface area contributed by atoms with Crippen molar-refractivity contribution in [2.45, 2.75) is 20.8 Å². The second-order valence-electron chi connectivity index (χ2n) is 7.98. The maximum Gasteiger partial charge on any atom is 0.265 e. The van der Waals surface area contributed by atoms with Gasteiger partial charge in [0.25, 0.3) is 5.91 Å². The number of hydrogen-bond acceptors (Lipinski definition) is 4. The molecule has 0 aliphatic rings. The number of hydrogen-bond donors (Lipinski definition) is 1. The first-order chi connectivity index (χ1) is 16.4. The first-order valence-electron chi connectivity index (χ1n) is 10.8. The van der Waals surface area contributed by atoms with Crippen molar-refractivity contribution in [2.75, 3.05) is 11.9 Å². The van der Waals surface area contributed by atoms with Gasteiger partial charge in [-0.2, -0.15) is 0 Å². The molecule has 0 fully saturated rings. The molecule has 0 unspecified atom stereocenters. The van der Waals surface area contributed by atoms with Crippen molar-refractivity contribution in [3.05, 3.63) is 106 Å². The molecule has 7 heteroatoms. The third-order valence-corrected chi connectivity index (χ3v) is 5.79. The van der Waals surface area contributed by atoms with Gasteiger partial charge in [-0.15, -0.1) is 0 Å². The van der Waals surface area contributed by atoms with Crippen LogP contribution in [0.2, 0.25) is 0 Å². The molecule has 0 saturated carbocycles. The van der Waals surface area contributed by atoms with Gasteiger partial charge in [0.2, 0.25) is 5.78 Å². The monoisotopic (exact) mass is 457 g/mol. The van der Waals surface area contributed by atoms with Gasteiger partial charge in [0.1, 0.15) is 5.82 Å². The summed E-state index contributed by atoms with van der Waals surface area (Å²) in [4.78, 5) is 30.7. The molecule has 0 aliphatic carbocycles. The number of halogens is 1. The van der Waals surface area contributed by atoms with Crippen LogP contribution in [0.15, 0.2) is 72.0 Å². The summed E-state index contributed by atoms with van der Waals surface area (Å²) in [6.07, 6.45) is 3.28. The highest BCUT2D eigenvalue weighted by molar-refractivity contribution is 6.11. The fraction of sp³-hybridized carbons (Fsp3) is 0.148. The topological polar surface area (TPSA) is 72.2 Å². The largest absolute Gasteiger partial charge is 0.386 e. The van der Waals surface area contributed by atoms with Crippen LogP contribution in [0.3, 0.4) is 0 Å². The van der Waals surface area contributed by atoms with Gasteiger partial charge in [0.05, 0.1) is 17.4 Å². The molecular formula is C27H24FN3O3.